The highest BCUT2D eigenvalue weighted by Crippen LogP contribution is 2.22. The Morgan fingerprint density at radius 3 is 1.90 bits per heavy atom. The highest BCUT2D eigenvalue weighted by Gasteiger charge is 2.17. The maximum absolute atomic E-state index is 13.2. The van der Waals surface area contributed by atoms with E-state index in [1.54, 1.807) is 24.3 Å². The summed E-state index contributed by atoms with van der Waals surface area (Å²) in [5.74, 6) is 0.989. The second-order valence-electron chi connectivity index (χ2n) is 6.15. The van der Waals surface area contributed by atoms with Crippen LogP contribution in [0.25, 0.3) is 0 Å². The predicted octanol–water partition coefficient (Wildman–Crippen LogP) is 4.41. The van der Waals surface area contributed by atoms with Gasteiger partial charge in [-0.1, -0.05) is 11.6 Å². The van der Waals surface area contributed by atoms with Gasteiger partial charge >= 0.3 is 0 Å². The van der Waals surface area contributed by atoms with E-state index in [2.05, 4.69) is 25.6 Å². The first-order valence-electron chi connectivity index (χ1n) is 8.80. The molecule has 1 aliphatic rings. The summed E-state index contributed by atoms with van der Waals surface area (Å²) in [7, 11) is 0. The quantitative estimate of drug-likeness (QED) is 0.613. The number of halogens is 3. The first kappa shape index (κ1) is 21.0. The first-order chi connectivity index (χ1) is 13.7. The molecular formula is C19H19Cl2FN6O. The minimum absolute atomic E-state index is 0. The normalized spacial score (nSPS) is 13.5. The molecule has 1 saturated heterocycles. The molecule has 29 heavy (non-hydrogen) atoms. The van der Waals surface area contributed by atoms with E-state index in [-0.39, 0.29) is 18.2 Å². The Hall–Kier alpha value is -2.68. The molecule has 2 aromatic carbocycles. The molecule has 3 aromatic rings. The zero-order valence-electron chi connectivity index (χ0n) is 15.3. The summed E-state index contributed by atoms with van der Waals surface area (Å²) in [4.78, 5) is 15.5. The molecule has 0 spiro atoms. The molecule has 2 N–H and O–H groups in total. The number of anilines is 5. The minimum Gasteiger partial charge on any atom is -0.378 e. The smallest absolute Gasteiger partial charge is 0.233 e. The zero-order chi connectivity index (χ0) is 19.3. The largest absolute Gasteiger partial charge is 0.378 e. The molecule has 1 aliphatic heterocycles. The van der Waals surface area contributed by atoms with Gasteiger partial charge in [-0.15, -0.1) is 12.4 Å². The van der Waals surface area contributed by atoms with Gasteiger partial charge in [0.05, 0.1) is 13.2 Å². The van der Waals surface area contributed by atoms with Gasteiger partial charge in [-0.05, 0) is 48.5 Å². The van der Waals surface area contributed by atoms with Gasteiger partial charge in [0.2, 0.25) is 17.8 Å². The Labute approximate surface area is 178 Å². The molecule has 0 atom stereocenters. The highest BCUT2D eigenvalue weighted by molar-refractivity contribution is 6.30. The van der Waals surface area contributed by atoms with Crippen molar-refractivity contribution in [3.05, 3.63) is 59.4 Å². The summed E-state index contributed by atoms with van der Waals surface area (Å²) in [6.45, 7) is 2.62. The Morgan fingerprint density at radius 2 is 1.34 bits per heavy atom. The number of nitrogens with one attached hydrogen (secondary N) is 2. The van der Waals surface area contributed by atoms with Gasteiger partial charge in [-0.3, -0.25) is 0 Å². The third-order valence-corrected chi connectivity index (χ3v) is 4.37. The van der Waals surface area contributed by atoms with Crippen LogP contribution < -0.4 is 15.5 Å². The van der Waals surface area contributed by atoms with Crippen molar-refractivity contribution in [1.29, 1.82) is 0 Å². The van der Waals surface area contributed by atoms with E-state index >= 15 is 0 Å². The van der Waals surface area contributed by atoms with Crippen molar-refractivity contribution in [2.75, 3.05) is 41.8 Å². The first-order valence-corrected chi connectivity index (χ1v) is 9.17. The number of ether oxygens (including phenoxy) is 1. The van der Waals surface area contributed by atoms with Gasteiger partial charge in [-0.25, -0.2) is 4.39 Å². The second kappa shape index (κ2) is 9.69. The van der Waals surface area contributed by atoms with Crippen LogP contribution in [0.1, 0.15) is 0 Å². The predicted molar refractivity (Wildman–Crippen MR) is 115 cm³/mol. The molecule has 0 bridgehead atoms. The van der Waals surface area contributed by atoms with Crippen molar-refractivity contribution < 1.29 is 9.13 Å². The fourth-order valence-electron chi connectivity index (χ4n) is 2.71. The topological polar surface area (TPSA) is 75.2 Å². The highest BCUT2D eigenvalue weighted by atomic mass is 35.5. The summed E-state index contributed by atoms with van der Waals surface area (Å²) in [6.07, 6.45) is 0. The number of hydrogen-bond acceptors (Lipinski definition) is 7. The Morgan fingerprint density at radius 1 is 0.828 bits per heavy atom. The van der Waals surface area contributed by atoms with Crippen molar-refractivity contribution in [3.63, 3.8) is 0 Å². The van der Waals surface area contributed by atoms with E-state index in [9.17, 15) is 4.39 Å². The molecule has 0 radical (unpaired) electrons. The monoisotopic (exact) mass is 436 g/mol. The minimum atomic E-state index is -0.305. The van der Waals surface area contributed by atoms with Crippen LogP contribution in [0.5, 0.6) is 0 Å². The second-order valence-corrected chi connectivity index (χ2v) is 6.58. The van der Waals surface area contributed by atoms with Crippen molar-refractivity contribution in [2.24, 2.45) is 0 Å². The lowest BCUT2D eigenvalue weighted by molar-refractivity contribution is 0.122. The molecule has 0 amide bonds. The summed E-state index contributed by atoms with van der Waals surface area (Å²) < 4.78 is 18.6. The molecular weight excluding hydrogens is 418 g/mol. The zero-order valence-corrected chi connectivity index (χ0v) is 16.9. The van der Waals surface area contributed by atoms with Crippen LogP contribution in [0.3, 0.4) is 0 Å². The third kappa shape index (κ3) is 5.66. The Balaban J connectivity index is 0.00000240. The van der Waals surface area contributed by atoms with E-state index in [1.807, 2.05) is 17.0 Å². The van der Waals surface area contributed by atoms with Gasteiger partial charge in [-0.2, -0.15) is 15.0 Å². The SMILES string of the molecule is Cl.Fc1ccc(Nc2nc(Nc3ccc(Cl)cc3)nc(N3CCOCC3)n2)cc1. The maximum Gasteiger partial charge on any atom is 0.233 e. The lowest BCUT2D eigenvalue weighted by atomic mass is 10.3. The fraction of sp³-hybridized carbons (Fsp3) is 0.211. The molecule has 4 rings (SSSR count). The van der Waals surface area contributed by atoms with Crippen LogP contribution in [-0.4, -0.2) is 41.3 Å². The van der Waals surface area contributed by atoms with Gasteiger partial charge in [0.15, 0.2) is 0 Å². The van der Waals surface area contributed by atoms with E-state index < -0.39 is 0 Å². The average Bonchev–Trinajstić information content (AvgIpc) is 2.72. The van der Waals surface area contributed by atoms with Crippen LogP contribution in [0.4, 0.5) is 33.6 Å². The fourth-order valence-corrected chi connectivity index (χ4v) is 2.83. The number of rotatable bonds is 5. The summed E-state index contributed by atoms with van der Waals surface area (Å²) >= 11 is 5.94. The lowest BCUT2D eigenvalue weighted by Gasteiger charge is -2.27. The van der Waals surface area contributed by atoms with Gasteiger partial charge in [0, 0.05) is 29.5 Å². The molecule has 1 fully saturated rings. The van der Waals surface area contributed by atoms with Crippen molar-refractivity contribution >= 4 is 53.2 Å². The molecule has 7 nitrogen and oxygen atoms in total. The molecule has 1 aromatic heterocycles. The van der Waals surface area contributed by atoms with Crippen LogP contribution in [0.15, 0.2) is 48.5 Å². The van der Waals surface area contributed by atoms with Crippen molar-refractivity contribution in [2.45, 2.75) is 0 Å². The Kier molecular flexibility index (Phi) is 7.03. The van der Waals surface area contributed by atoms with Crippen molar-refractivity contribution in [3.8, 4) is 0 Å². The number of hydrogen-bond donors (Lipinski definition) is 2. The van der Waals surface area contributed by atoms with Gasteiger partial charge in [0.1, 0.15) is 5.82 Å². The molecule has 152 valence electrons. The average molecular weight is 437 g/mol. The van der Waals surface area contributed by atoms with Crippen molar-refractivity contribution in [1.82, 2.24) is 15.0 Å². The van der Waals surface area contributed by atoms with Crippen LogP contribution in [-0.2, 0) is 4.74 Å². The lowest BCUT2D eigenvalue weighted by Crippen LogP contribution is -2.37. The molecule has 10 heteroatoms. The van der Waals surface area contributed by atoms with Crippen LogP contribution in [0.2, 0.25) is 5.02 Å². The summed E-state index contributed by atoms with van der Waals surface area (Å²) in [5, 5.41) is 6.91. The van der Waals surface area contributed by atoms with Crippen LogP contribution >= 0.6 is 24.0 Å². The maximum atomic E-state index is 13.2. The summed E-state index contributed by atoms with van der Waals surface area (Å²) in [6, 6.07) is 13.2. The number of benzene rings is 2. The Bertz CT molecular complexity index is 871. The number of aromatic nitrogens is 3. The number of morpholine rings is 1. The van der Waals surface area contributed by atoms with Gasteiger partial charge in [0.25, 0.3) is 0 Å². The van der Waals surface area contributed by atoms with Crippen LogP contribution in [0, 0.1) is 5.82 Å². The van der Waals surface area contributed by atoms with E-state index in [4.69, 9.17) is 16.3 Å². The molecule has 0 aliphatic carbocycles. The van der Waals surface area contributed by atoms with E-state index in [0.29, 0.717) is 54.9 Å². The molecule has 2 heterocycles. The number of nitrogens with zero attached hydrogens (tertiary/aromatic N) is 4. The molecule has 0 saturated carbocycles. The molecule has 0 unspecified atom stereocenters. The van der Waals surface area contributed by atoms with Gasteiger partial charge < -0.3 is 20.3 Å². The summed E-state index contributed by atoms with van der Waals surface area (Å²) in [5.41, 5.74) is 1.48. The van der Waals surface area contributed by atoms with E-state index in [1.165, 1.54) is 12.1 Å². The standard InChI is InChI=1S/C19H18ClFN6O.ClH/c20-13-1-5-15(6-2-13)22-17-24-18(23-16-7-3-14(21)4-8-16)26-19(25-17)27-9-11-28-12-10-27;/h1-8H,9-12H2,(H2,22,23,24,25,26);1H. The van der Waals surface area contributed by atoms with E-state index in [0.717, 1.165) is 5.69 Å². The third-order valence-electron chi connectivity index (χ3n) is 4.12.